The van der Waals surface area contributed by atoms with E-state index >= 15 is 0 Å². The molecule has 0 aromatic heterocycles. The maximum Gasteiger partial charge on any atom is 0.344 e. The Hall–Kier alpha value is -1.10. The Balaban J connectivity index is 2.39. The highest BCUT2D eigenvalue weighted by Crippen LogP contribution is 2.22. The molecule has 17 heavy (non-hydrogen) atoms. The fourth-order valence-corrected chi connectivity index (χ4v) is 1.44. The summed E-state index contributed by atoms with van der Waals surface area (Å²) in [6.45, 7) is 2.10. The summed E-state index contributed by atoms with van der Waals surface area (Å²) in [5.74, 6) is -0.959. The van der Waals surface area contributed by atoms with Gasteiger partial charge in [-0.2, -0.15) is 0 Å². The zero-order chi connectivity index (χ0) is 12.7. The van der Waals surface area contributed by atoms with Gasteiger partial charge in [0.2, 0.25) is 0 Å². The van der Waals surface area contributed by atoms with Crippen LogP contribution in [0.25, 0.3) is 0 Å². The van der Waals surface area contributed by atoms with Crippen molar-refractivity contribution in [2.45, 2.75) is 19.8 Å². The van der Waals surface area contributed by atoms with Gasteiger partial charge in [-0.15, -0.1) is 0 Å². The summed E-state index contributed by atoms with van der Waals surface area (Å²) >= 11 is 3.19. The minimum absolute atomic E-state index is 0.0341. The van der Waals surface area contributed by atoms with Gasteiger partial charge in [-0.05, 0) is 24.6 Å². The Morgan fingerprint density at radius 2 is 2.24 bits per heavy atom. The molecule has 1 aromatic rings. The molecular formula is C12H14BrFO3. The maximum absolute atomic E-state index is 13.2. The minimum atomic E-state index is -0.505. The van der Waals surface area contributed by atoms with Crippen LogP contribution >= 0.6 is 15.9 Å². The monoisotopic (exact) mass is 304 g/mol. The molecule has 0 fully saturated rings. The Morgan fingerprint density at radius 1 is 1.47 bits per heavy atom. The zero-order valence-electron chi connectivity index (χ0n) is 9.54. The average molecular weight is 305 g/mol. The van der Waals surface area contributed by atoms with Crippen molar-refractivity contribution in [3.05, 3.63) is 28.5 Å². The van der Waals surface area contributed by atoms with Crippen molar-refractivity contribution in [2.75, 3.05) is 13.2 Å². The van der Waals surface area contributed by atoms with Crippen molar-refractivity contribution < 1.29 is 18.7 Å². The highest BCUT2D eigenvalue weighted by molar-refractivity contribution is 9.10. The van der Waals surface area contributed by atoms with Crippen molar-refractivity contribution in [2.24, 2.45) is 0 Å². The predicted octanol–water partition coefficient (Wildman–Crippen LogP) is 3.31. The molecule has 0 heterocycles. The topological polar surface area (TPSA) is 35.5 Å². The van der Waals surface area contributed by atoms with E-state index in [0.717, 1.165) is 12.8 Å². The fraction of sp³-hybridized carbons (Fsp3) is 0.417. The number of hydrogen-bond acceptors (Lipinski definition) is 3. The molecular weight excluding hydrogens is 291 g/mol. The van der Waals surface area contributed by atoms with Crippen LogP contribution in [0.4, 0.5) is 4.39 Å². The van der Waals surface area contributed by atoms with Gasteiger partial charge in [0.15, 0.2) is 18.2 Å². The third-order valence-electron chi connectivity index (χ3n) is 2.00. The number of hydrogen-bond donors (Lipinski definition) is 0. The molecule has 94 valence electrons. The molecule has 0 bridgehead atoms. The molecule has 1 rings (SSSR count). The lowest BCUT2D eigenvalue weighted by Gasteiger charge is -2.07. The Kier molecular flexibility index (Phi) is 5.97. The average Bonchev–Trinajstić information content (AvgIpc) is 2.31. The van der Waals surface area contributed by atoms with Gasteiger partial charge in [0, 0.05) is 4.47 Å². The van der Waals surface area contributed by atoms with Gasteiger partial charge in [-0.1, -0.05) is 29.3 Å². The summed E-state index contributed by atoms with van der Waals surface area (Å²) in [6.07, 6.45) is 1.77. The molecule has 1 aromatic carbocycles. The Bertz CT molecular complexity index is 382. The van der Waals surface area contributed by atoms with Crippen LogP contribution < -0.4 is 4.74 Å². The summed E-state index contributed by atoms with van der Waals surface area (Å²) in [4.78, 5) is 11.2. The van der Waals surface area contributed by atoms with Crippen molar-refractivity contribution in [1.82, 2.24) is 0 Å². The van der Waals surface area contributed by atoms with Crippen LogP contribution in [0.3, 0.4) is 0 Å². The lowest BCUT2D eigenvalue weighted by Crippen LogP contribution is -2.15. The Morgan fingerprint density at radius 3 is 2.94 bits per heavy atom. The molecule has 0 amide bonds. The van der Waals surface area contributed by atoms with E-state index in [1.54, 1.807) is 6.07 Å². The van der Waals surface area contributed by atoms with Crippen LogP contribution in [-0.2, 0) is 9.53 Å². The van der Waals surface area contributed by atoms with E-state index in [2.05, 4.69) is 15.9 Å². The SMILES string of the molecule is CCCCOC(=O)COc1cc(Br)ccc1F. The van der Waals surface area contributed by atoms with E-state index < -0.39 is 11.8 Å². The van der Waals surface area contributed by atoms with Crippen LogP contribution in [-0.4, -0.2) is 19.2 Å². The quantitative estimate of drug-likeness (QED) is 0.597. The van der Waals surface area contributed by atoms with Crippen LogP contribution in [0.2, 0.25) is 0 Å². The van der Waals surface area contributed by atoms with Crippen molar-refractivity contribution in [3.63, 3.8) is 0 Å². The second kappa shape index (κ2) is 7.27. The molecule has 0 radical (unpaired) electrons. The summed E-state index contributed by atoms with van der Waals surface area (Å²) in [7, 11) is 0. The standard InChI is InChI=1S/C12H14BrFO3/c1-2-3-6-16-12(15)8-17-11-7-9(13)4-5-10(11)14/h4-5,7H,2-3,6,8H2,1H3. The van der Waals surface area contributed by atoms with Gasteiger partial charge in [0.05, 0.1) is 6.61 Å². The molecule has 0 saturated carbocycles. The van der Waals surface area contributed by atoms with Crippen LogP contribution in [0.1, 0.15) is 19.8 Å². The van der Waals surface area contributed by atoms with Crippen molar-refractivity contribution in [3.8, 4) is 5.75 Å². The van der Waals surface area contributed by atoms with Gasteiger partial charge in [0.25, 0.3) is 0 Å². The van der Waals surface area contributed by atoms with E-state index in [0.29, 0.717) is 11.1 Å². The van der Waals surface area contributed by atoms with E-state index in [1.165, 1.54) is 12.1 Å². The van der Waals surface area contributed by atoms with Crippen LogP contribution in [0.15, 0.2) is 22.7 Å². The second-order valence-electron chi connectivity index (χ2n) is 3.44. The van der Waals surface area contributed by atoms with E-state index in [-0.39, 0.29) is 12.4 Å². The lowest BCUT2D eigenvalue weighted by molar-refractivity contribution is -0.146. The number of ether oxygens (including phenoxy) is 2. The first-order valence-corrected chi connectivity index (χ1v) is 6.16. The molecule has 5 heteroatoms. The number of esters is 1. The first kappa shape index (κ1) is 14.0. The lowest BCUT2D eigenvalue weighted by atomic mass is 10.3. The number of unbranched alkanes of at least 4 members (excludes halogenated alkanes) is 1. The summed E-state index contributed by atoms with van der Waals surface area (Å²) in [5.41, 5.74) is 0. The van der Waals surface area contributed by atoms with Gasteiger partial charge in [0.1, 0.15) is 0 Å². The molecule has 0 atom stereocenters. The summed E-state index contributed by atoms with van der Waals surface area (Å²) < 4.78 is 23.8. The molecule has 0 aliphatic rings. The number of benzene rings is 1. The number of rotatable bonds is 6. The third-order valence-corrected chi connectivity index (χ3v) is 2.49. The largest absolute Gasteiger partial charge is 0.479 e. The highest BCUT2D eigenvalue weighted by Gasteiger charge is 2.08. The molecule has 0 saturated heterocycles. The fourth-order valence-electron chi connectivity index (χ4n) is 1.10. The van der Waals surface area contributed by atoms with Gasteiger partial charge in [-0.3, -0.25) is 0 Å². The van der Waals surface area contributed by atoms with Gasteiger partial charge in [-0.25, -0.2) is 9.18 Å². The first-order valence-electron chi connectivity index (χ1n) is 5.37. The molecule has 0 aliphatic carbocycles. The second-order valence-corrected chi connectivity index (χ2v) is 4.35. The maximum atomic E-state index is 13.2. The Labute approximate surface area is 108 Å². The van der Waals surface area contributed by atoms with Crippen LogP contribution in [0.5, 0.6) is 5.75 Å². The van der Waals surface area contributed by atoms with E-state index in [1.807, 2.05) is 6.92 Å². The molecule has 3 nitrogen and oxygen atoms in total. The number of halogens is 2. The molecule has 0 unspecified atom stereocenters. The van der Waals surface area contributed by atoms with Gasteiger partial charge >= 0.3 is 5.97 Å². The third kappa shape index (κ3) is 5.17. The predicted molar refractivity (Wildman–Crippen MR) is 65.5 cm³/mol. The summed E-state index contributed by atoms with van der Waals surface area (Å²) in [5, 5.41) is 0. The molecule has 0 spiro atoms. The van der Waals surface area contributed by atoms with Gasteiger partial charge < -0.3 is 9.47 Å². The molecule has 0 N–H and O–H groups in total. The number of carbonyl (C=O) groups excluding carboxylic acids is 1. The smallest absolute Gasteiger partial charge is 0.344 e. The molecule has 0 aliphatic heterocycles. The highest BCUT2D eigenvalue weighted by atomic mass is 79.9. The first-order chi connectivity index (χ1) is 8.13. The van der Waals surface area contributed by atoms with E-state index in [9.17, 15) is 9.18 Å². The van der Waals surface area contributed by atoms with E-state index in [4.69, 9.17) is 9.47 Å². The van der Waals surface area contributed by atoms with Crippen LogP contribution in [0, 0.1) is 5.82 Å². The summed E-state index contributed by atoms with van der Waals surface area (Å²) in [6, 6.07) is 4.29. The zero-order valence-corrected chi connectivity index (χ0v) is 11.1. The minimum Gasteiger partial charge on any atom is -0.479 e. The van der Waals surface area contributed by atoms with Crippen molar-refractivity contribution >= 4 is 21.9 Å². The number of carbonyl (C=O) groups is 1. The van der Waals surface area contributed by atoms with Crippen molar-refractivity contribution in [1.29, 1.82) is 0 Å². The normalized spacial score (nSPS) is 10.1.